The number of nitrogens with two attached hydrogens (primary N) is 1. The van der Waals surface area contributed by atoms with Gasteiger partial charge in [0, 0.05) is 0 Å². The highest BCUT2D eigenvalue weighted by Gasteiger charge is 2.18. The first-order valence-corrected chi connectivity index (χ1v) is 7.87. The molecule has 1 atom stereocenters. The van der Waals surface area contributed by atoms with E-state index in [-0.39, 0.29) is 11.6 Å². The molecule has 1 unspecified atom stereocenters. The third-order valence-electron chi connectivity index (χ3n) is 3.76. The molecular weight excluding hydrogens is 323 g/mol. The number of rotatable bonds is 6. The summed E-state index contributed by atoms with van der Waals surface area (Å²) in [6.45, 7) is 2.40. The van der Waals surface area contributed by atoms with E-state index in [0.29, 0.717) is 29.5 Å². The minimum absolute atomic E-state index is 0.266. The van der Waals surface area contributed by atoms with Crippen LogP contribution in [0.1, 0.15) is 24.4 Å². The lowest BCUT2D eigenvalue weighted by atomic mass is 10.1. The smallest absolute Gasteiger partial charge is 0.184 e. The zero-order valence-corrected chi connectivity index (χ0v) is 14.0. The molecule has 0 aliphatic carbocycles. The van der Waals surface area contributed by atoms with Crippen LogP contribution in [-0.4, -0.2) is 28.9 Å². The predicted octanol–water partition coefficient (Wildman–Crippen LogP) is 3.07. The van der Waals surface area contributed by atoms with Crippen LogP contribution in [0.15, 0.2) is 42.5 Å². The van der Waals surface area contributed by atoms with Gasteiger partial charge in [0.2, 0.25) is 0 Å². The van der Waals surface area contributed by atoms with Crippen molar-refractivity contribution < 1.29 is 13.9 Å². The van der Waals surface area contributed by atoms with Gasteiger partial charge in [0.15, 0.2) is 17.3 Å². The van der Waals surface area contributed by atoms with E-state index >= 15 is 0 Å². The molecule has 1 heterocycles. The van der Waals surface area contributed by atoms with Crippen molar-refractivity contribution >= 4 is 0 Å². The fraction of sp³-hybridized carbons (Fsp3) is 0.222. The van der Waals surface area contributed by atoms with Gasteiger partial charge in [-0.15, -0.1) is 0 Å². The highest BCUT2D eigenvalue weighted by Crippen LogP contribution is 2.31. The van der Waals surface area contributed by atoms with Gasteiger partial charge >= 0.3 is 0 Å². The number of aromatic nitrogens is 3. The molecular formula is C18H19FN4O2. The summed E-state index contributed by atoms with van der Waals surface area (Å²) >= 11 is 0. The number of nitrogens with zero attached hydrogens (tertiary/aromatic N) is 2. The first kappa shape index (κ1) is 16.9. The van der Waals surface area contributed by atoms with E-state index in [2.05, 4.69) is 15.2 Å². The van der Waals surface area contributed by atoms with Crippen molar-refractivity contribution in [3.8, 4) is 22.9 Å². The quantitative estimate of drug-likeness (QED) is 0.719. The Morgan fingerprint density at radius 2 is 2.00 bits per heavy atom. The molecule has 0 aliphatic rings. The lowest BCUT2D eigenvalue weighted by Crippen LogP contribution is -2.14. The van der Waals surface area contributed by atoms with Crippen molar-refractivity contribution in [3.05, 3.63) is 59.7 Å². The summed E-state index contributed by atoms with van der Waals surface area (Å²) < 4.78 is 24.7. The van der Waals surface area contributed by atoms with Crippen LogP contribution in [0.5, 0.6) is 11.5 Å². The molecule has 0 spiro atoms. The molecule has 25 heavy (non-hydrogen) atoms. The van der Waals surface area contributed by atoms with Gasteiger partial charge in [-0.2, -0.15) is 5.10 Å². The third-order valence-corrected chi connectivity index (χ3v) is 3.76. The predicted molar refractivity (Wildman–Crippen MR) is 92.0 cm³/mol. The van der Waals surface area contributed by atoms with Crippen LogP contribution in [0.4, 0.5) is 4.39 Å². The van der Waals surface area contributed by atoms with Gasteiger partial charge in [-0.05, 0) is 36.8 Å². The van der Waals surface area contributed by atoms with Crippen molar-refractivity contribution in [3.63, 3.8) is 0 Å². The van der Waals surface area contributed by atoms with E-state index in [9.17, 15) is 4.39 Å². The van der Waals surface area contributed by atoms with Crippen molar-refractivity contribution in [1.29, 1.82) is 0 Å². The molecule has 1 aromatic heterocycles. The molecule has 0 fully saturated rings. The van der Waals surface area contributed by atoms with E-state index in [0.717, 1.165) is 5.56 Å². The number of nitrogens with one attached hydrogen (secondary N) is 1. The summed E-state index contributed by atoms with van der Waals surface area (Å²) in [4.78, 5) is 4.33. The number of benzene rings is 2. The Balaban J connectivity index is 1.90. The van der Waals surface area contributed by atoms with E-state index in [1.54, 1.807) is 37.4 Å². The van der Waals surface area contributed by atoms with Crippen LogP contribution >= 0.6 is 0 Å². The maximum absolute atomic E-state index is 13.9. The van der Waals surface area contributed by atoms with Crippen LogP contribution in [0, 0.1) is 5.82 Å². The molecule has 0 saturated carbocycles. The van der Waals surface area contributed by atoms with E-state index in [1.165, 1.54) is 6.07 Å². The Hall–Kier alpha value is -2.93. The van der Waals surface area contributed by atoms with Gasteiger partial charge in [-0.1, -0.05) is 18.2 Å². The zero-order chi connectivity index (χ0) is 17.8. The number of methoxy groups -OCH3 is 1. The van der Waals surface area contributed by atoms with Crippen molar-refractivity contribution in [2.24, 2.45) is 5.73 Å². The Morgan fingerprint density at radius 3 is 2.72 bits per heavy atom. The maximum atomic E-state index is 13.9. The summed E-state index contributed by atoms with van der Waals surface area (Å²) in [5.41, 5.74) is 7.38. The highest BCUT2D eigenvalue weighted by atomic mass is 19.1. The highest BCUT2D eigenvalue weighted by molar-refractivity contribution is 5.55. The standard InChI is InChI=1S/C18H19FN4O2/c1-3-25-15-10-11(8-9-14(15)24-2)16(20)18-21-17(22-23-18)12-6-4-5-7-13(12)19/h4-10,16H,3,20H2,1-2H3,(H,21,22,23). The van der Waals surface area contributed by atoms with Gasteiger partial charge in [0.05, 0.1) is 25.3 Å². The Labute approximate surface area is 144 Å². The Bertz CT molecular complexity index is 866. The second-order valence-electron chi connectivity index (χ2n) is 5.35. The molecule has 0 amide bonds. The SMILES string of the molecule is CCOc1cc(C(N)c2nc(-c3ccccc3F)n[nH]2)ccc1OC. The molecule has 3 aromatic rings. The van der Waals surface area contributed by atoms with Crippen LogP contribution in [0.3, 0.4) is 0 Å². The number of aromatic amines is 1. The first-order valence-electron chi connectivity index (χ1n) is 7.87. The number of H-pyrrole nitrogens is 1. The fourth-order valence-electron chi connectivity index (χ4n) is 2.49. The first-order chi connectivity index (χ1) is 12.1. The lowest BCUT2D eigenvalue weighted by Gasteiger charge is -2.14. The Kier molecular flexibility index (Phi) is 4.95. The number of hydrogen-bond acceptors (Lipinski definition) is 5. The van der Waals surface area contributed by atoms with Crippen LogP contribution in [0.25, 0.3) is 11.4 Å². The number of hydrogen-bond donors (Lipinski definition) is 2. The molecule has 0 bridgehead atoms. The van der Waals surface area contributed by atoms with Crippen molar-refractivity contribution in [2.75, 3.05) is 13.7 Å². The van der Waals surface area contributed by atoms with E-state index in [1.807, 2.05) is 13.0 Å². The van der Waals surface area contributed by atoms with Crippen LogP contribution in [0.2, 0.25) is 0 Å². The lowest BCUT2D eigenvalue weighted by molar-refractivity contribution is 0.310. The van der Waals surface area contributed by atoms with E-state index < -0.39 is 6.04 Å². The van der Waals surface area contributed by atoms with Gasteiger partial charge in [-0.3, -0.25) is 5.10 Å². The molecule has 3 N–H and O–H groups in total. The molecule has 6 nitrogen and oxygen atoms in total. The van der Waals surface area contributed by atoms with Gasteiger partial charge < -0.3 is 15.2 Å². The largest absolute Gasteiger partial charge is 0.493 e. The average Bonchev–Trinajstić information content (AvgIpc) is 3.11. The van der Waals surface area contributed by atoms with Crippen LogP contribution < -0.4 is 15.2 Å². The van der Waals surface area contributed by atoms with Gasteiger partial charge in [0.25, 0.3) is 0 Å². The average molecular weight is 342 g/mol. The molecule has 0 aliphatic heterocycles. The van der Waals surface area contributed by atoms with E-state index in [4.69, 9.17) is 15.2 Å². The summed E-state index contributed by atoms with van der Waals surface area (Å²) in [7, 11) is 1.58. The normalized spacial score (nSPS) is 12.0. The molecule has 130 valence electrons. The van der Waals surface area contributed by atoms with Crippen LogP contribution in [-0.2, 0) is 0 Å². The second-order valence-corrected chi connectivity index (χ2v) is 5.35. The van der Waals surface area contributed by atoms with Gasteiger partial charge in [-0.25, -0.2) is 9.37 Å². The zero-order valence-electron chi connectivity index (χ0n) is 14.0. The Morgan fingerprint density at radius 1 is 1.20 bits per heavy atom. The summed E-state index contributed by atoms with van der Waals surface area (Å²) in [6, 6.07) is 11.2. The fourth-order valence-corrected chi connectivity index (χ4v) is 2.49. The third kappa shape index (κ3) is 3.46. The van der Waals surface area contributed by atoms with Gasteiger partial charge in [0.1, 0.15) is 11.6 Å². The maximum Gasteiger partial charge on any atom is 0.184 e. The summed E-state index contributed by atoms with van der Waals surface area (Å²) in [5.74, 6) is 1.55. The minimum atomic E-state index is -0.557. The molecule has 2 aromatic carbocycles. The molecule has 7 heteroatoms. The molecule has 0 saturated heterocycles. The monoisotopic (exact) mass is 342 g/mol. The number of halogens is 1. The topological polar surface area (TPSA) is 86.0 Å². The summed E-state index contributed by atoms with van der Waals surface area (Å²) in [6.07, 6.45) is 0. The molecule has 3 rings (SSSR count). The van der Waals surface area contributed by atoms with Crippen molar-refractivity contribution in [1.82, 2.24) is 15.2 Å². The molecule has 0 radical (unpaired) electrons. The minimum Gasteiger partial charge on any atom is -0.493 e. The number of ether oxygens (including phenoxy) is 2. The second kappa shape index (κ2) is 7.31. The van der Waals surface area contributed by atoms with Crippen molar-refractivity contribution in [2.45, 2.75) is 13.0 Å². The summed E-state index contributed by atoms with van der Waals surface area (Å²) in [5, 5.41) is 6.86.